The topological polar surface area (TPSA) is 51.7 Å². The first kappa shape index (κ1) is 21.6. The molecule has 0 aliphatic carbocycles. The highest BCUT2D eigenvalue weighted by molar-refractivity contribution is 7.09. The number of amides is 1. The number of carbonyl (C=O) groups is 1. The predicted molar refractivity (Wildman–Crippen MR) is 123 cm³/mol. The van der Waals surface area contributed by atoms with E-state index in [0.717, 1.165) is 27.6 Å². The van der Waals surface area contributed by atoms with Crippen LogP contribution in [0.15, 0.2) is 60.0 Å². The summed E-state index contributed by atoms with van der Waals surface area (Å²) in [5, 5.41) is 3.70. The van der Waals surface area contributed by atoms with Crippen LogP contribution in [0, 0.1) is 6.92 Å². The van der Waals surface area contributed by atoms with Gasteiger partial charge in [-0.1, -0.05) is 35.9 Å². The number of morpholine rings is 1. The first-order valence-corrected chi connectivity index (χ1v) is 11.3. The summed E-state index contributed by atoms with van der Waals surface area (Å²) < 4.78 is 11.7. The van der Waals surface area contributed by atoms with E-state index in [1.54, 1.807) is 17.4 Å². The van der Waals surface area contributed by atoms with Crippen molar-refractivity contribution in [1.29, 1.82) is 0 Å². The molecule has 4 rings (SSSR count). The monoisotopic (exact) mass is 454 g/mol. The van der Waals surface area contributed by atoms with E-state index in [1.165, 1.54) is 0 Å². The van der Waals surface area contributed by atoms with Gasteiger partial charge < -0.3 is 14.4 Å². The van der Waals surface area contributed by atoms with E-state index in [0.29, 0.717) is 31.3 Å². The minimum atomic E-state index is -0.144. The van der Waals surface area contributed by atoms with Gasteiger partial charge in [-0.25, -0.2) is 4.98 Å². The predicted octanol–water partition coefficient (Wildman–Crippen LogP) is 5.30. The Balaban J connectivity index is 1.35. The molecule has 3 aromatic rings. The van der Waals surface area contributed by atoms with Gasteiger partial charge in [-0.3, -0.25) is 4.79 Å². The van der Waals surface area contributed by atoms with Gasteiger partial charge in [-0.15, -0.1) is 11.3 Å². The van der Waals surface area contributed by atoms with E-state index in [2.05, 4.69) is 4.98 Å². The van der Waals surface area contributed by atoms with E-state index in [4.69, 9.17) is 21.1 Å². The standard InChI is InChI=1S/C24H23ClN2O3S/c1-17-26-21(16-31-17)15-30-22-4-2-3-18(13-22)5-10-24(28)27-11-12-29-23(14-27)19-6-8-20(25)9-7-19/h2-10,13,16,23H,11-12,14-15H2,1H3/b10-5+. The summed E-state index contributed by atoms with van der Waals surface area (Å²) in [6, 6.07) is 15.2. The van der Waals surface area contributed by atoms with E-state index in [1.807, 2.05) is 71.8 Å². The molecule has 7 heteroatoms. The molecule has 2 heterocycles. The Bertz CT molecular complexity index is 1060. The third kappa shape index (κ3) is 5.94. The number of ether oxygens (including phenoxy) is 2. The number of aromatic nitrogens is 1. The zero-order valence-corrected chi connectivity index (χ0v) is 18.7. The second-order valence-corrected chi connectivity index (χ2v) is 8.75. The molecule has 2 aromatic carbocycles. The highest BCUT2D eigenvalue weighted by Gasteiger charge is 2.24. The van der Waals surface area contributed by atoms with Crippen molar-refractivity contribution in [3.8, 4) is 5.75 Å². The Hall–Kier alpha value is -2.67. The third-order valence-electron chi connectivity index (χ3n) is 4.95. The fourth-order valence-corrected chi connectivity index (χ4v) is 4.06. The average Bonchev–Trinajstić information content (AvgIpc) is 3.22. The number of nitrogens with zero attached hydrogens (tertiary/aromatic N) is 2. The summed E-state index contributed by atoms with van der Waals surface area (Å²) in [7, 11) is 0. The third-order valence-corrected chi connectivity index (χ3v) is 6.02. The normalized spacial score (nSPS) is 16.6. The van der Waals surface area contributed by atoms with Gasteiger partial charge in [-0.2, -0.15) is 0 Å². The molecular weight excluding hydrogens is 432 g/mol. The van der Waals surface area contributed by atoms with Gasteiger partial charge in [0.05, 0.1) is 23.9 Å². The molecule has 1 atom stereocenters. The van der Waals surface area contributed by atoms with Crippen LogP contribution in [0.1, 0.15) is 27.9 Å². The quantitative estimate of drug-likeness (QED) is 0.474. The van der Waals surface area contributed by atoms with Crippen LogP contribution >= 0.6 is 22.9 Å². The number of halogens is 1. The first-order chi connectivity index (χ1) is 15.1. The van der Waals surface area contributed by atoms with E-state index in [-0.39, 0.29) is 12.0 Å². The van der Waals surface area contributed by atoms with Crippen molar-refractivity contribution >= 4 is 34.9 Å². The summed E-state index contributed by atoms with van der Waals surface area (Å²) in [5.74, 6) is 0.709. The Morgan fingerprint density at radius 2 is 2.16 bits per heavy atom. The fourth-order valence-electron chi connectivity index (χ4n) is 3.34. The summed E-state index contributed by atoms with van der Waals surface area (Å²) in [6.45, 7) is 4.00. The summed E-state index contributed by atoms with van der Waals surface area (Å²) in [4.78, 5) is 18.9. The smallest absolute Gasteiger partial charge is 0.246 e. The number of carbonyl (C=O) groups excluding carboxylic acids is 1. The van der Waals surface area contributed by atoms with Crippen molar-refractivity contribution in [1.82, 2.24) is 9.88 Å². The second kappa shape index (κ2) is 10.1. The second-order valence-electron chi connectivity index (χ2n) is 7.25. The molecule has 31 heavy (non-hydrogen) atoms. The van der Waals surface area contributed by atoms with Crippen LogP contribution in [0.2, 0.25) is 5.02 Å². The number of benzene rings is 2. The molecule has 5 nitrogen and oxygen atoms in total. The molecular formula is C24H23ClN2O3S. The van der Waals surface area contributed by atoms with Gasteiger partial charge in [0.15, 0.2) is 0 Å². The zero-order valence-electron chi connectivity index (χ0n) is 17.2. The fraction of sp³-hybridized carbons (Fsp3) is 0.250. The average molecular weight is 455 g/mol. The lowest BCUT2D eigenvalue weighted by Gasteiger charge is -2.32. The molecule has 1 fully saturated rings. The molecule has 0 spiro atoms. The minimum absolute atomic E-state index is 0.0356. The molecule has 1 amide bonds. The molecule has 0 bridgehead atoms. The van der Waals surface area contributed by atoms with Crippen molar-refractivity contribution in [2.24, 2.45) is 0 Å². The molecule has 0 radical (unpaired) electrons. The largest absolute Gasteiger partial charge is 0.487 e. The maximum absolute atomic E-state index is 12.7. The van der Waals surface area contributed by atoms with Crippen molar-refractivity contribution in [2.75, 3.05) is 19.7 Å². The number of aryl methyl sites for hydroxylation is 1. The molecule has 1 saturated heterocycles. The lowest BCUT2D eigenvalue weighted by atomic mass is 10.1. The van der Waals surface area contributed by atoms with Gasteiger partial charge in [0.2, 0.25) is 5.91 Å². The molecule has 1 aliphatic rings. The van der Waals surface area contributed by atoms with Gasteiger partial charge in [0.25, 0.3) is 0 Å². The number of rotatable bonds is 6. The highest BCUT2D eigenvalue weighted by Crippen LogP contribution is 2.24. The molecule has 0 N–H and O–H groups in total. The zero-order chi connectivity index (χ0) is 21.6. The number of hydrogen-bond donors (Lipinski definition) is 0. The van der Waals surface area contributed by atoms with Crippen LogP contribution in [-0.4, -0.2) is 35.5 Å². The molecule has 1 unspecified atom stereocenters. The lowest BCUT2D eigenvalue weighted by Crippen LogP contribution is -2.41. The van der Waals surface area contributed by atoms with Crippen molar-refractivity contribution in [3.63, 3.8) is 0 Å². The Morgan fingerprint density at radius 1 is 1.32 bits per heavy atom. The summed E-state index contributed by atoms with van der Waals surface area (Å²) >= 11 is 7.57. The van der Waals surface area contributed by atoms with Crippen molar-refractivity contribution in [2.45, 2.75) is 19.6 Å². The highest BCUT2D eigenvalue weighted by atomic mass is 35.5. The van der Waals surface area contributed by atoms with E-state index in [9.17, 15) is 4.79 Å². The van der Waals surface area contributed by atoms with Gasteiger partial charge in [0.1, 0.15) is 18.5 Å². The Labute approximate surface area is 190 Å². The van der Waals surface area contributed by atoms with E-state index < -0.39 is 0 Å². The van der Waals surface area contributed by atoms with E-state index >= 15 is 0 Å². The van der Waals surface area contributed by atoms with Crippen molar-refractivity contribution in [3.05, 3.63) is 86.8 Å². The first-order valence-electron chi connectivity index (χ1n) is 10.0. The summed E-state index contributed by atoms with van der Waals surface area (Å²) in [5.41, 5.74) is 2.84. The Morgan fingerprint density at radius 3 is 2.94 bits per heavy atom. The molecule has 1 aromatic heterocycles. The van der Waals surface area contributed by atoms with Gasteiger partial charge in [-0.05, 0) is 48.4 Å². The van der Waals surface area contributed by atoms with Crippen molar-refractivity contribution < 1.29 is 14.3 Å². The van der Waals surface area contributed by atoms with Crippen LogP contribution in [-0.2, 0) is 16.1 Å². The van der Waals surface area contributed by atoms with Gasteiger partial charge >= 0.3 is 0 Å². The van der Waals surface area contributed by atoms with Crippen LogP contribution in [0.5, 0.6) is 5.75 Å². The molecule has 1 aliphatic heterocycles. The number of hydrogen-bond acceptors (Lipinski definition) is 5. The maximum Gasteiger partial charge on any atom is 0.246 e. The minimum Gasteiger partial charge on any atom is -0.487 e. The van der Waals surface area contributed by atoms with Gasteiger partial charge in [0, 0.05) is 23.0 Å². The summed E-state index contributed by atoms with van der Waals surface area (Å²) in [6.07, 6.45) is 3.27. The lowest BCUT2D eigenvalue weighted by molar-refractivity contribution is -0.133. The molecule has 160 valence electrons. The Kier molecular flexibility index (Phi) is 7.02. The number of thiazole rings is 1. The van der Waals surface area contributed by atoms with Crippen LogP contribution in [0.25, 0.3) is 6.08 Å². The van der Waals surface area contributed by atoms with Crippen LogP contribution < -0.4 is 4.74 Å². The SMILES string of the molecule is Cc1nc(COc2cccc(/C=C/C(=O)N3CCOC(c4ccc(Cl)cc4)C3)c2)cs1. The molecule has 0 saturated carbocycles. The maximum atomic E-state index is 12.7. The van der Waals surface area contributed by atoms with Crippen LogP contribution in [0.3, 0.4) is 0 Å². The van der Waals surface area contributed by atoms with Crippen LogP contribution in [0.4, 0.5) is 0 Å².